The van der Waals surface area contributed by atoms with E-state index < -0.39 is 0 Å². The summed E-state index contributed by atoms with van der Waals surface area (Å²) < 4.78 is 0. The third kappa shape index (κ3) is 2.68. The van der Waals surface area contributed by atoms with Gasteiger partial charge in [-0.1, -0.05) is 0 Å². The minimum atomic E-state index is 0. The molecule has 22 heavy (non-hydrogen) atoms. The minimum Gasteiger partial charge on any atom is -0.356 e. The molecule has 1 saturated heterocycles. The molecule has 5 nitrogen and oxygen atoms in total. The van der Waals surface area contributed by atoms with Crippen LogP contribution in [0.25, 0.3) is 11.0 Å². The first-order chi connectivity index (χ1) is 10.3. The van der Waals surface area contributed by atoms with Crippen LogP contribution in [0.5, 0.6) is 0 Å². The average Bonchev–Trinajstić information content (AvgIpc) is 3.02. The molecule has 2 aromatic rings. The maximum Gasteiger partial charge on any atom is 0.142 e. The number of piperidine rings is 1. The van der Waals surface area contributed by atoms with Crippen molar-refractivity contribution in [2.75, 3.05) is 25.0 Å². The number of hydrogen-bond acceptors (Lipinski definition) is 4. The van der Waals surface area contributed by atoms with E-state index in [2.05, 4.69) is 38.3 Å². The topological polar surface area (TPSA) is 56.8 Å². The van der Waals surface area contributed by atoms with Crippen molar-refractivity contribution >= 4 is 29.3 Å². The lowest BCUT2D eigenvalue weighted by Gasteiger charge is -2.43. The molecule has 1 unspecified atom stereocenters. The van der Waals surface area contributed by atoms with E-state index in [1.165, 1.54) is 38.8 Å². The average molecular weight is 322 g/mol. The van der Waals surface area contributed by atoms with E-state index in [1.807, 2.05) is 6.20 Å². The number of aromatic nitrogens is 3. The van der Waals surface area contributed by atoms with Gasteiger partial charge in [0.05, 0.1) is 5.39 Å². The van der Waals surface area contributed by atoms with Crippen molar-refractivity contribution in [2.45, 2.75) is 31.7 Å². The second-order valence-electron chi connectivity index (χ2n) is 6.53. The van der Waals surface area contributed by atoms with E-state index in [0.29, 0.717) is 6.04 Å². The first-order valence-electron chi connectivity index (χ1n) is 8.04. The fourth-order valence-corrected chi connectivity index (χ4v) is 4.16. The number of halogens is 1. The molecule has 120 valence electrons. The molecule has 0 spiro atoms. The van der Waals surface area contributed by atoms with Gasteiger partial charge in [-0.3, -0.25) is 0 Å². The van der Waals surface area contributed by atoms with Gasteiger partial charge >= 0.3 is 0 Å². The molecule has 2 N–H and O–H groups in total. The Kier molecular flexibility index (Phi) is 4.54. The Morgan fingerprint density at radius 3 is 3.00 bits per heavy atom. The van der Waals surface area contributed by atoms with Gasteiger partial charge in [-0.2, -0.15) is 0 Å². The van der Waals surface area contributed by atoms with Gasteiger partial charge < -0.3 is 15.2 Å². The van der Waals surface area contributed by atoms with Gasteiger partial charge in [0.2, 0.25) is 0 Å². The number of H-pyrrole nitrogens is 1. The van der Waals surface area contributed by atoms with E-state index in [4.69, 9.17) is 0 Å². The number of fused-ring (bicyclic) bond motifs is 2. The number of hydrogen-bond donors (Lipinski definition) is 2. The Morgan fingerprint density at radius 2 is 2.09 bits per heavy atom. The van der Waals surface area contributed by atoms with Gasteiger partial charge in [-0.05, 0) is 56.7 Å². The molecular weight excluding hydrogens is 298 g/mol. The van der Waals surface area contributed by atoms with Crippen LogP contribution in [0.1, 0.15) is 25.7 Å². The molecule has 0 aromatic carbocycles. The van der Waals surface area contributed by atoms with Gasteiger partial charge in [0.15, 0.2) is 0 Å². The van der Waals surface area contributed by atoms with Crippen molar-refractivity contribution in [3.63, 3.8) is 0 Å². The lowest BCUT2D eigenvalue weighted by Crippen LogP contribution is -2.45. The molecule has 2 aliphatic rings. The molecule has 2 fully saturated rings. The highest BCUT2D eigenvalue weighted by Gasteiger charge is 2.34. The molecule has 3 heterocycles. The third-order valence-corrected chi connectivity index (χ3v) is 5.43. The van der Waals surface area contributed by atoms with Crippen LogP contribution in [0.2, 0.25) is 0 Å². The van der Waals surface area contributed by atoms with Gasteiger partial charge in [-0.15, -0.1) is 12.4 Å². The van der Waals surface area contributed by atoms with Crippen LogP contribution in [-0.4, -0.2) is 41.1 Å². The summed E-state index contributed by atoms with van der Waals surface area (Å²) in [5.41, 5.74) is 0.933. The molecule has 6 heteroatoms. The van der Waals surface area contributed by atoms with E-state index in [9.17, 15) is 0 Å². The highest BCUT2D eigenvalue weighted by molar-refractivity contribution is 5.87. The highest BCUT2D eigenvalue weighted by atomic mass is 35.5. The maximum absolute atomic E-state index is 4.54. The summed E-state index contributed by atoms with van der Waals surface area (Å²) in [4.78, 5) is 14.4. The monoisotopic (exact) mass is 321 g/mol. The SMILES string of the molecule is CN(c1ncnc2[nH]ccc12)C1CC[C@H]2CNCC[C@H]2C1.Cl. The predicted molar refractivity (Wildman–Crippen MR) is 91.6 cm³/mol. The minimum absolute atomic E-state index is 0. The predicted octanol–water partition coefficient (Wildman–Crippen LogP) is 2.59. The molecule has 1 aliphatic heterocycles. The van der Waals surface area contributed by atoms with Crippen molar-refractivity contribution in [2.24, 2.45) is 11.8 Å². The number of anilines is 1. The fraction of sp³-hybridized carbons (Fsp3) is 0.625. The molecular formula is C16H24ClN5. The number of nitrogens with zero attached hydrogens (tertiary/aromatic N) is 3. The standard InChI is InChI=1S/C16H23N5.ClH/c1-21(16-14-5-7-18-15(14)19-10-20-16)13-3-2-12-9-17-6-4-11(12)8-13;/h5,7,10-13,17H,2-4,6,8-9H2,1H3,(H,18,19,20);1H/t11-,12-,13?;/m0./s1. The molecule has 3 atom stereocenters. The first kappa shape index (κ1) is 15.6. The first-order valence-corrected chi connectivity index (χ1v) is 8.04. The molecule has 0 amide bonds. The Labute approximate surface area is 137 Å². The highest BCUT2D eigenvalue weighted by Crippen LogP contribution is 2.37. The number of nitrogens with one attached hydrogen (secondary N) is 2. The fourth-order valence-electron chi connectivity index (χ4n) is 4.16. The zero-order chi connectivity index (χ0) is 14.2. The lowest BCUT2D eigenvalue weighted by molar-refractivity contribution is 0.168. The number of rotatable bonds is 2. The molecule has 1 saturated carbocycles. The Morgan fingerprint density at radius 1 is 1.18 bits per heavy atom. The molecule has 0 radical (unpaired) electrons. The third-order valence-electron chi connectivity index (χ3n) is 5.43. The molecule has 2 aromatic heterocycles. The summed E-state index contributed by atoms with van der Waals surface area (Å²) in [5.74, 6) is 2.84. The second-order valence-corrected chi connectivity index (χ2v) is 6.53. The molecule has 1 aliphatic carbocycles. The summed E-state index contributed by atoms with van der Waals surface area (Å²) in [6, 6.07) is 2.69. The van der Waals surface area contributed by atoms with Crippen LogP contribution in [0.15, 0.2) is 18.6 Å². The van der Waals surface area contributed by atoms with Crippen molar-refractivity contribution in [1.82, 2.24) is 20.3 Å². The Hall–Kier alpha value is -1.33. The van der Waals surface area contributed by atoms with E-state index in [0.717, 1.165) is 28.7 Å². The van der Waals surface area contributed by atoms with Crippen LogP contribution in [0.3, 0.4) is 0 Å². The van der Waals surface area contributed by atoms with E-state index in [1.54, 1.807) is 6.33 Å². The van der Waals surface area contributed by atoms with Crippen LogP contribution >= 0.6 is 12.4 Å². The van der Waals surface area contributed by atoms with Gasteiger partial charge in [-0.25, -0.2) is 9.97 Å². The Balaban J connectivity index is 0.00000144. The lowest BCUT2D eigenvalue weighted by atomic mass is 9.73. The second kappa shape index (κ2) is 6.42. The van der Waals surface area contributed by atoms with E-state index in [-0.39, 0.29) is 12.4 Å². The largest absolute Gasteiger partial charge is 0.356 e. The van der Waals surface area contributed by atoms with Crippen LogP contribution in [-0.2, 0) is 0 Å². The quantitative estimate of drug-likeness (QED) is 0.892. The maximum atomic E-state index is 4.54. The summed E-state index contributed by atoms with van der Waals surface area (Å²) in [5, 5.41) is 4.67. The summed E-state index contributed by atoms with van der Waals surface area (Å²) in [6.07, 6.45) is 8.86. The van der Waals surface area contributed by atoms with Crippen LogP contribution in [0.4, 0.5) is 5.82 Å². The number of aromatic amines is 1. The Bertz CT molecular complexity index is 628. The normalized spacial score (nSPS) is 28.0. The van der Waals surface area contributed by atoms with Gasteiger partial charge in [0, 0.05) is 19.3 Å². The van der Waals surface area contributed by atoms with Crippen molar-refractivity contribution < 1.29 is 0 Å². The van der Waals surface area contributed by atoms with Crippen molar-refractivity contribution in [3.05, 3.63) is 18.6 Å². The smallest absolute Gasteiger partial charge is 0.142 e. The van der Waals surface area contributed by atoms with Crippen molar-refractivity contribution in [1.29, 1.82) is 0 Å². The van der Waals surface area contributed by atoms with Crippen LogP contribution < -0.4 is 10.2 Å². The van der Waals surface area contributed by atoms with Crippen LogP contribution in [0, 0.1) is 11.8 Å². The van der Waals surface area contributed by atoms with Gasteiger partial charge in [0.1, 0.15) is 17.8 Å². The summed E-state index contributed by atoms with van der Waals surface area (Å²) in [7, 11) is 2.20. The summed E-state index contributed by atoms with van der Waals surface area (Å²) >= 11 is 0. The summed E-state index contributed by atoms with van der Waals surface area (Å²) in [6.45, 7) is 2.41. The zero-order valence-corrected chi connectivity index (χ0v) is 13.8. The molecule has 0 bridgehead atoms. The molecule has 4 rings (SSSR count). The van der Waals surface area contributed by atoms with E-state index >= 15 is 0 Å². The zero-order valence-electron chi connectivity index (χ0n) is 13.0. The van der Waals surface area contributed by atoms with Gasteiger partial charge in [0.25, 0.3) is 0 Å². The van der Waals surface area contributed by atoms with Crippen molar-refractivity contribution in [3.8, 4) is 0 Å².